The van der Waals surface area contributed by atoms with Gasteiger partial charge < -0.3 is 4.74 Å². The van der Waals surface area contributed by atoms with Crippen molar-refractivity contribution >= 4 is 32.5 Å². The number of rotatable bonds is 7. The number of carbonyl (C=O) groups is 2. The van der Waals surface area contributed by atoms with Crippen LogP contribution < -0.4 is 0 Å². The summed E-state index contributed by atoms with van der Waals surface area (Å²) >= 11 is 0. The van der Waals surface area contributed by atoms with Gasteiger partial charge in [-0.3, -0.25) is 9.59 Å². The number of likely N-dealkylation sites (N-methyl/N-ethyl adjacent to an activating group) is 1. The van der Waals surface area contributed by atoms with E-state index in [2.05, 4.69) is 0 Å². The molecule has 0 saturated heterocycles. The molecule has 0 unspecified atom stereocenters. The van der Waals surface area contributed by atoms with Crippen LogP contribution in [0.2, 0.25) is 0 Å². The number of esters is 1. The maximum atomic E-state index is 13.2. The summed E-state index contributed by atoms with van der Waals surface area (Å²) in [5.41, 5.74) is 0.0648. The van der Waals surface area contributed by atoms with E-state index in [1.165, 1.54) is 37.4 Å². The molecule has 0 radical (unpaired) electrons. The number of nitrogens with zero attached hydrogens (tertiary/aromatic N) is 1. The summed E-state index contributed by atoms with van der Waals surface area (Å²) in [5.74, 6) is -2.05. The van der Waals surface area contributed by atoms with E-state index < -0.39 is 40.7 Å². The van der Waals surface area contributed by atoms with Gasteiger partial charge in [-0.2, -0.15) is 4.31 Å². The van der Waals surface area contributed by atoms with Crippen molar-refractivity contribution in [1.82, 2.24) is 4.31 Å². The van der Waals surface area contributed by atoms with Gasteiger partial charge in [0.15, 0.2) is 12.4 Å². The van der Waals surface area contributed by atoms with Crippen molar-refractivity contribution < 1.29 is 27.1 Å². The maximum absolute atomic E-state index is 13.2. The first-order valence-corrected chi connectivity index (χ1v) is 10.1. The van der Waals surface area contributed by atoms with Gasteiger partial charge in [0.1, 0.15) is 12.4 Å². The smallest absolute Gasteiger partial charge is 0.321 e. The summed E-state index contributed by atoms with van der Waals surface area (Å²) in [6.45, 7) is -1.17. The number of ether oxygens (including phenoxy) is 1. The van der Waals surface area contributed by atoms with Crippen LogP contribution in [0.5, 0.6) is 0 Å². The predicted molar refractivity (Wildman–Crippen MR) is 105 cm³/mol. The molecule has 0 aromatic heterocycles. The third kappa shape index (κ3) is 4.85. The Kier molecular flexibility index (Phi) is 6.05. The van der Waals surface area contributed by atoms with Gasteiger partial charge in [0, 0.05) is 12.6 Å². The minimum absolute atomic E-state index is 0.0438. The lowest BCUT2D eigenvalue weighted by atomic mass is 10.1. The van der Waals surface area contributed by atoms with E-state index >= 15 is 0 Å². The van der Waals surface area contributed by atoms with Crippen LogP contribution in [0.4, 0.5) is 4.39 Å². The zero-order valence-corrected chi connectivity index (χ0v) is 16.4. The Morgan fingerprint density at radius 2 is 1.69 bits per heavy atom. The number of hydrogen-bond acceptors (Lipinski definition) is 5. The fourth-order valence-corrected chi connectivity index (χ4v) is 3.86. The molecule has 0 atom stereocenters. The summed E-state index contributed by atoms with van der Waals surface area (Å²) < 4.78 is 44.3. The van der Waals surface area contributed by atoms with Crippen molar-refractivity contribution in [3.05, 3.63) is 78.1 Å². The molecule has 6 nitrogen and oxygen atoms in total. The number of ketones is 1. The Morgan fingerprint density at radius 3 is 2.41 bits per heavy atom. The SMILES string of the molecule is CN(CC(=O)OCC(=O)c1cccc(F)c1)S(=O)(=O)c1ccc2ccccc2c1. The number of halogens is 1. The standard InChI is InChI=1S/C21H18FNO5S/c1-23(13-21(25)28-14-20(24)17-7-4-8-18(22)11-17)29(26,27)19-10-9-15-5-2-3-6-16(15)12-19/h2-12H,13-14H2,1H3. The van der Waals surface area contributed by atoms with Crippen LogP contribution in [-0.2, 0) is 19.6 Å². The Labute approximate surface area is 167 Å². The minimum atomic E-state index is -3.92. The molecule has 0 aliphatic heterocycles. The van der Waals surface area contributed by atoms with E-state index in [0.29, 0.717) is 0 Å². The Bertz CT molecular complexity index is 1180. The van der Waals surface area contributed by atoms with Crippen molar-refractivity contribution in [3.63, 3.8) is 0 Å². The molecule has 3 rings (SSSR count). The van der Waals surface area contributed by atoms with Crippen LogP contribution in [0.15, 0.2) is 71.6 Å². The van der Waals surface area contributed by atoms with E-state index in [-0.39, 0.29) is 10.5 Å². The van der Waals surface area contributed by atoms with Crippen LogP contribution >= 0.6 is 0 Å². The van der Waals surface area contributed by atoms with Gasteiger partial charge >= 0.3 is 5.97 Å². The number of Topliss-reactive ketones (excluding diaryl/α,β-unsaturated/α-hetero) is 1. The first-order valence-electron chi connectivity index (χ1n) is 8.67. The summed E-state index contributed by atoms with van der Waals surface area (Å²) in [4.78, 5) is 24.0. The molecule has 8 heteroatoms. The number of sulfonamides is 1. The van der Waals surface area contributed by atoms with Crippen molar-refractivity contribution in [3.8, 4) is 0 Å². The second kappa shape index (κ2) is 8.50. The average Bonchev–Trinajstić information content (AvgIpc) is 2.71. The minimum Gasteiger partial charge on any atom is -0.456 e. The molecular formula is C21H18FNO5S. The van der Waals surface area contributed by atoms with Crippen molar-refractivity contribution in [2.45, 2.75) is 4.90 Å². The molecule has 0 bridgehead atoms. The molecule has 0 amide bonds. The Morgan fingerprint density at radius 1 is 0.966 bits per heavy atom. The molecule has 29 heavy (non-hydrogen) atoms. The zero-order valence-electron chi connectivity index (χ0n) is 15.5. The lowest BCUT2D eigenvalue weighted by Gasteiger charge is -2.16. The third-order valence-electron chi connectivity index (χ3n) is 4.29. The third-order valence-corrected chi connectivity index (χ3v) is 6.09. The van der Waals surface area contributed by atoms with Crippen LogP contribution in [0, 0.1) is 5.82 Å². The van der Waals surface area contributed by atoms with Gasteiger partial charge in [0.2, 0.25) is 10.0 Å². The first-order chi connectivity index (χ1) is 13.8. The lowest BCUT2D eigenvalue weighted by Crippen LogP contribution is -2.33. The number of fused-ring (bicyclic) bond motifs is 1. The van der Waals surface area contributed by atoms with Crippen LogP contribution in [0.1, 0.15) is 10.4 Å². The highest BCUT2D eigenvalue weighted by atomic mass is 32.2. The van der Waals surface area contributed by atoms with Gasteiger partial charge in [-0.1, -0.05) is 42.5 Å². The first kappa shape index (κ1) is 20.6. The van der Waals surface area contributed by atoms with E-state index in [1.807, 2.05) is 12.1 Å². The van der Waals surface area contributed by atoms with Crippen molar-refractivity contribution in [2.24, 2.45) is 0 Å². The normalized spacial score (nSPS) is 11.6. The van der Waals surface area contributed by atoms with Gasteiger partial charge in [-0.25, -0.2) is 12.8 Å². The van der Waals surface area contributed by atoms with Crippen molar-refractivity contribution in [2.75, 3.05) is 20.2 Å². The van der Waals surface area contributed by atoms with E-state index in [0.717, 1.165) is 21.1 Å². The van der Waals surface area contributed by atoms with Gasteiger partial charge in [-0.05, 0) is 35.0 Å². The van der Waals surface area contributed by atoms with Crippen LogP contribution in [-0.4, -0.2) is 44.7 Å². The zero-order chi connectivity index (χ0) is 21.0. The summed E-state index contributed by atoms with van der Waals surface area (Å²) in [7, 11) is -2.67. The molecule has 3 aromatic rings. The highest BCUT2D eigenvalue weighted by Crippen LogP contribution is 2.21. The average molecular weight is 415 g/mol. The Hall–Kier alpha value is -3.10. The molecule has 0 heterocycles. The second-order valence-electron chi connectivity index (χ2n) is 6.36. The highest BCUT2D eigenvalue weighted by Gasteiger charge is 2.24. The Balaban J connectivity index is 1.64. The molecule has 3 aromatic carbocycles. The topological polar surface area (TPSA) is 80.8 Å². The molecule has 0 saturated carbocycles. The summed E-state index contributed by atoms with van der Waals surface area (Å²) in [6, 6.07) is 17.0. The monoisotopic (exact) mass is 415 g/mol. The summed E-state index contributed by atoms with van der Waals surface area (Å²) in [6.07, 6.45) is 0. The molecule has 150 valence electrons. The van der Waals surface area contributed by atoms with Crippen molar-refractivity contribution in [1.29, 1.82) is 0 Å². The van der Waals surface area contributed by atoms with Gasteiger partial charge in [-0.15, -0.1) is 0 Å². The van der Waals surface area contributed by atoms with E-state index in [9.17, 15) is 22.4 Å². The number of hydrogen-bond donors (Lipinski definition) is 0. The largest absolute Gasteiger partial charge is 0.456 e. The molecular weight excluding hydrogens is 397 g/mol. The van der Waals surface area contributed by atoms with Crippen LogP contribution in [0.3, 0.4) is 0 Å². The second-order valence-corrected chi connectivity index (χ2v) is 8.41. The highest BCUT2D eigenvalue weighted by molar-refractivity contribution is 7.89. The number of carbonyl (C=O) groups excluding carboxylic acids is 2. The molecule has 0 aliphatic carbocycles. The maximum Gasteiger partial charge on any atom is 0.321 e. The fraction of sp³-hybridized carbons (Fsp3) is 0.143. The van der Waals surface area contributed by atoms with Gasteiger partial charge in [0.05, 0.1) is 4.90 Å². The molecule has 0 aliphatic rings. The summed E-state index contributed by atoms with van der Waals surface area (Å²) in [5, 5.41) is 1.65. The van der Waals surface area contributed by atoms with Crippen LogP contribution in [0.25, 0.3) is 10.8 Å². The molecule has 0 fully saturated rings. The van der Waals surface area contributed by atoms with E-state index in [4.69, 9.17) is 4.74 Å². The van der Waals surface area contributed by atoms with E-state index in [1.54, 1.807) is 18.2 Å². The quantitative estimate of drug-likeness (QED) is 0.438. The predicted octanol–water partition coefficient (Wildman–Crippen LogP) is 3.03. The molecule has 0 spiro atoms. The lowest BCUT2D eigenvalue weighted by molar-refractivity contribution is -0.142. The fourth-order valence-electron chi connectivity index (χ4n) is 2.71. The number of benzene rings is 3. The molecule has 0 N–H and O–H groups in total. The van der Waals surface area contributed by atoms with Gasteiger partial charge in [0.25, 0.3) is 0 Å².